The lowest BCUT2D eigenvalue weighted by molar-refractivity contribution is 0.0936. The molecule has 1 fully saturated rings. The maximum absolute atomic E-state index is 12.8. The summed E-state index contributed by atoms with van der Waals surface area (Å²) in [6.07, 6.45) is -0.895. The molecule has 5 rings (SSSR count). The number of hydrogen-bond donors (Lipinski definition) is 2. The molecule has 2 aromatic carbocycles. The van der Waals surface area contributed by atoms with E-state index in [-0.39, 0.29) is 24.3 Å². The number of nitrogens with one attached hydrogen (secondary N) is 1. The summed E-state index contributed by atoms with van der Waals surface area (Å²) < 4.78 is 8.73. The maximum atomic E-state index is 12.8. The van der Waals surface area contributed by atoms with Gasteiger partial charge in [-0.2, -0.15) is 4.98 Å². The second-order valence-corrected chi connectivity index (χ2v) is 8.60. The molecule has 1 aliphatic rings. The van der Waals surface area contributed by atoms with Gasteiger partial charge < -0.3 is 24.2 Å². The molecule has 1 atom stereocenters. The van der Waals surface area contributed by atoms with Gasteiger partial charge in [-0.05, 0) is 24.3 Å². The average Bonchev–Trinajstić information content (AvgIpc) is 3.27. The summed E-state index contributed by atoms with van der Waals surface area (Å²) in [5.41, 5.74) is 0.649. The fourth-order valence-electron chi connectivity index (χ4n) is 4.41. The van der Waals surface area contributed by atoms with E-state index in [0.717, 1.165) is 18.8 Å². The predicted octanol–water partition coefficient (Wildman–Crippen LogP) is 1.19. The normalized spacial score (nSPS) is 14.9. The van der Waals surface area contributed by atoms with Crippen molar-refractivity contribution in [2.75, 3.05) is 42.6 Å². The van der Waals surface area contributed by atoms with Crippen LogP contribution in [0.5, 0.6) is 5.75 Å². The number of anilines is 2. The number of hydrogen-bond acceptors (Lipinski definition) is 7. The van der Waals surface area contributed by atoms with Crippen LogP contribution in [0.2, 0.25) is 0 Å². The highest BCUT2D eigenvalue weighted by Crippen LogP contribution is 2.23. The molecule has 0 bridgehead atoms. The lowest BCUT2D eigenvalue weighted by Gasteiger charge is -2.36. The molecule has 0 aliphatic carbocycles. The standard InChI is InChI=1S/C25H28N6O4/c1-28-22-21(23(33)27-25(28)34)31(16-19(32)17-35-20-10-6-3-7-11-20)24(26-22)30-14-12-29(13-15-30)18-8-4-2-5-9-18/h2-11,19,32H,12-17H2,1H3,(H,27,33,34)/t19-/m0/s1. The van der Waals surface area contributed by atoms with Gasteiger partial charge in [-0.15, -0.1) is 0 Å². The Morgan fingerprint density at radius 1 is 0.971 bits per heavy atom. The molecule has 1 aliphatic heterocycles. The number of rotatable bonds is 7. The first kappa shape index (κ1) is 22.7. The Morgan fingerprint density at radius 2 is 1.60 bits per heavy atom. The van der Waals surface area contributed by atoms with Crippen LogP contribution in [0.25, 0.3) is 11.2 Å². The molecular weight excluding hydrogens is 448 g/mol. The number of piperazine rings is 1. The summed E-state index contributed by atoms with van der Waals surface area (Å²) in [5, 5.41) is 10.8. The molecule has 2 aromatic heterocycles. The van der Waals surface area contributed by atoms with Crippen LogP contribution in [0.1, 0.15) is 0 Å². The van der Waals surface area contributed by atoms with Crippen LogP contribution >= 0.6 is 0 Å². The third-order valence-corrected chi connectivity index (χ3v) is 6.25. The summed E-state index contributed by atoms with van der Waals surface area (Å²) >= 11 is 0. The van der Waals surface area contributed by atoms with Crippen LogP contribution in [-0.2, 0) is 13.6 Å². The molecule has 182 valence electrons. The second kappa shape index (κ2) is 9.67. The molecular formula is C25H28N6O4. The fourth-order valence-corrected chi connectivity index (χ4v) is 4.41. The van der Waals surface area contributed by atoms with Crippen molar-refractivity contribution in [1.82, 2.24) is 19.1 Å². The molecule has 0 amide bonds. The van der Waals surface area contributed by atoms with Gasteiger partial charge in [0.15, 0.2) is 11.2 Å². The van der Waals surface area contributed by atoms with Crippen molar-refractivity contribution in [1.29, 1.82) is 0 Å². The van der Waals surface area contributed by atoms with Crippen molar-refractivity contribution >= 4 is 22.8 Å². The SMILES string of the molecule is Cn1c(=O)[nH]c(=O)c2c1nc(N1CCN(c3ccccc3)CC1)n2C[C@H](O)COc1ccccc1. The molecule has 2 N–H and O–H groups in total. The molecule has 0 unspecified atom stereocenters. The first-order valence-corrected chi connectivity index (χ1v) is 11.6. The van der Waals surface area contributed by atoms with Crippen LogP contribution in [-0.4, -0.2) is 63.1 Å². The number of aromatic amines is 1. The van der Waals surface area contributed by atoms with Crippen molar-refractivity contribution < 1.29 is 9.84 Å². The highest BCUT2D eigenvalue weighted by molar-refractivity contribution is 5.74. The third kappa shape index (κ3) is 4.65. The smallest absolute Gasteiger partial charge is 0.329 e. The van der Waals surface area contributed by atoms with Gasteiger partial charge in [0.05, 0.1) is 6.54 Å². The zero-order valence-electron chi connectivity index (χ0n) is 19.5. The Kier molecular flexibility index (Phi) is 6.28. The van der Waals surface area contributed by atoms with Gasteiger partial charge in [0, 0.05) is 38.9 Å². The fraction of sp³-hybridized carbons (Fsp3) is 0.320. The average molecular weight is 477 g/mol. The van der Waals surface area contributed by atoms with Crippen molar-refractivity contribution in [2.24, 2.45) is 7.05 Å². The highest BCUT2D eigenvalue weighted by Gasteiger charge is 2.26. The Hall–Kier alpha value is -4.05. The minimum atomic E-state index is -0.895. The minimum absolute atomic E-state index is 0.0502. The van der Waals surface area contributed by atoms with Crippen molar-refractivity contribution in [3.8, 4) is 5.75 Å². The molecule has 0 spiro atoms. The van der Waals surface area contributed by atoms with Crippen LogP contribution in [0.4, 0.5) is 11.6 Å². The van der Waals surface area contributed by atoms with Crippen LogP contribution in [0.3, 0.4) is 0 Å². The number of benzene rings is 2. The molecule has 4 aromatic rings. The van der Waals surface area contributed by atoms with Crippen LogP contribution in [0, 0.1) is 0 Å². The predicted molar refractivity (Wildman–Crippen MR) is 134 cm³/mol. The van der Waals surface area contributed by atoms with Gasteiger partial charge in [0.2, 0.25) is 5.95 Å². The topological polar surface area (TPSA) is 109 Å². The van der Waals surface area contributed by atoms with E-state index < -0.39 is 17.4 Å². The number of fused-ring (bicyclic) bond motifs is 1. The number of aromatic nitrogens is 4. The Bertz CT molecular complexity index is 1410. The second-order valence-electron chi connectivity index (χ2n) is 8.60. The number of imidazole rings is 1. The van der Waals surface area contributed by atoms with E-state index in [2.05, 4.69) is 31.9 Å². The summed E-state index contributed by atoms with van der Waals surface area (Å²) in [5.74, 6) is 1.21. The van der Waals surface area contributed by atoms with Crippen molar-refractivity contribution in [3.63, 3.8) is 0 Å². The van der Waals surface area contributed by atoms with Gasteiger partial charge in [0.25, 0.3) is 5.56 Å². The van der Waals surface area contributed by atoms with Crippen LogP contribution < -0.4 is 25.8 Å². The summed E-state index contributed by atoms with van der Waals surface area (Å²) in [6, 6.07) is 19.5. The lowest BCUT2D eigenvalue weighted by Crippen LogP contribution is -2.47. The number of H-pyrrole nitrogens is 1. The zero-order valence-corrected chi connectivity index (χ0v) is 19.5. The van der Waals surface area contributed by atoms with Gasteiger partial charge in [0.1, 0.15) is 18.5 Å². The minimum Gasteiger partial charge on any atom is -0.491 e. The quantitative estimate of drug-likeness (QED) is 0.412. The third-order valence-electron chi connectivity index (χ3n) is 6.25. The summed E-state index contributed by atoms with van der Waals surface area (Å²) in [7, 11) is 1.57. The molecule has 1 saturated heterocycles. The number of aliphatic hydroxyl groups excluding tert-OH is 1. The Balaban J connectivity index is 1.42. The largest absolute Gasteiger partial charge is 0.491 e. The van der Waals surface area contributed by atoms with E-state index >= 15 is 0 Å². The van der Waals surface area contributed by atoms with Crippen molar-refractivity contribution in [3.05, 3.63) is 81.5 Å². The maximum Gasteiger partial charge on any atom is 0.329 e. The molecule has 0 radical (unpaired) electrons. The van der Waals surface area contributed by atoms with E-state index in [4.69, 9.17) is 4.74 Å². The summed E-state index contributed by atoms with van der Waals surface area (Å²) in [4.78, 5) is 36.4. The van der Waals surface area contributed by atoms with Gasteiger partial charge >= 0.3 is 5.69 Å². The van der Waals surface area contributed by atoms with E-state index in [1.54, 1.807) is 11.6 Å². The molecule has 10 heteroatoms. The van der Waals surface area contributed by atoms with E-state index in [1.165, 1.54) is 4.57 Å². The van der Waals surface area contributed by atoms with Gasteiger partial charge in [-0.1, -0.05) is 36.4 Å². The van der Waals surface area contributed by atoms with E-state index in [9.17, 15) is 14.7 Å². The number of nitrogens with zero attached hydrogens (tertiary/aromatic N) is 5. The Labute approximate surface area is 201 Å². The number of aliphatic hydroxyl groups is 1. The molecule has 35 heavy (non-hydrogen) atoms. The van der Waals surface area contributed by atoms with Crippen LogP contribution in [0.15, 0.2) is 70.3 Å². The summed E-state index contributed by atoms with van der Waals surface area (Å²) in [6.45, 7) is 3.07. The molecule has 0 saturated carbocycles. The first-order valence-electron chi connectivity index (χ1n) is 11.6. The van der Waals surface area contributed by atoms with E-state index in [1.807, 2.05) is 48.5 Å². The number of aryl methyl sites for hydroxylation is 1. The highest BCUT2D eigenvalue weighted by atomic mass is 16.5. The Morgan fingerprint density at radius 3 is 2.29 bits per heavy atom. The zero-order chi connectivity index (χ0) is 24.4. The number of ether oxygens (including phenoxy) is 1. The van der Waals surface area contributed by atoms with Gasteiger partial charge in [-0.25, -0.2) is 4.79 Å². The number of para-hydroxylation sites is 2. The lowest BCUT2D eigenvalue weighted by atomic mass is 10.2. The monoisotopic (exact) mass is 476 g/mol. The molecule has 3 heterocycles. The molecule has 10 nitrogen and oxygen atoms in total. The first-order chi connectivity index (χ1) is 17.0. The van der Waals surface area contributed by atoms with Crippen molar-refractivity contribution in [2.45, 2.75) is 12.6 Å². The van der Waals surface area contributed by atoms with Gasteiger partial charge in [-0.3, -0.25) is 14.3 Å². The van der Waals surface area contributed by atoms with E-state index in [0.29, 0.717) is 24.8 Å².